The predicted octanol–water partition coefficient (Wildman–Crippen LogP) is 18.6. The van der Waals surface area contributed by atoms with Crippen molar-refractivity contribution in [3.63, 3.8) is 0 Å². The highest BCUT2D eigenvalue weighted by Gasteiger charge is 2.51. The fraction of sp³-hybridized carbons (Fsp3) is 0.0571. The fourth-order valence-electron chi connectivity index (χ4n) is 12.6. The molecule has 2 aliphatic carbocycles. The number of anilines is 6. The lowest BCUT2D eigenvalue weighted by molar-refractivity contribution is 0.660. The van der Waals surface area contributed by atoms with Crippen molar-refractivity contribution >= 4 is 34.1 Å². The highest BCUT2D eigenvalue weighted by Crippen LogP contribution is 2.64. The topological polar surface area (TPSA) is 6.48 Å². The van der Waals surface area contributed by atoms with E-state index in [2.05, 4.69) is 291 Å². The fourth-order valence-corrected chi connectivity index (χ4v) is 12.6. The van der Waals surface area contributed by atoms with E-state index in [1.165, 1.54) is 100 Å². The third-order valence-electron chi connectivity index (χ3n) is 15.9. The van der Waals surface area contributed by atoms with Gasteiger partial charge >= 0.3 is 0 Å². The molecule has 0 radical (unpaired) electrons. The van der Waals surface area contributed by atoms with E-state index in [0.29, 0.717) is 0 Å². The molecule has 11 aromatic carbocycles. The third-order valence-corrected chi connectivity index (χ3v) is 15.9. The van der Waals surface area contributed by atoms with Crippen LogP contribution in [0.25, 0.3) is 55.6 Å². The van der Waals surface area contributed by atoms with Crippen LogP contribution in [0, 0.1) is 0 Å². The summed E-state index contributed by atoms with van der Waals surface area (Å²) < 4.78 is 0. The minimum absolute atomic E-state index is 0.269. The normalized spacial score (nSPS) is 13.9. The number of para-hydroxylation sites is 4. The quantitative estimate of drug-likeness (QED) is 0.157. The van der Waals surface area contributed by atoms with Crippen LogP contribution in [0.2, 0.25) is 0 Å². The summed E-state index contributed by atoms with van der Waals surface area (Å²) in [4.78, 5) is 4.90. The number of hydrogen-bond donors (Lipinski definition) is 0. The Labute approximate surface area is 422 Å². The molecule has 1 spiro atoms. The summed E-state index contributed by atoms with van der Waals surface area (Å²) in [6.07, 6.45) is 0. The largest absolute Gasteiger partial charge is 0.310 e. The molecule has 0 saturated carbocycles. The third kappa shape index (κ3) is 6.22. The summed E-state index contributed by atoms with van der Waals surface area (Å²) >= 11 is 0. The monoisotopic (exact) mass is 918 g/mol. The average molecular weight is 919 g/mol. The molecule has 2 nitrogen and oxygen atoms in total. The maximum absolute atomic E-state index is 2.52. The van der Waals surface area contributed by atoms with Crippen LogP contribution in [0.3, 0.4) is 0 Å². The molecule has 0 unspecified atom stereocenters. The molecule has 0 fully saturated rings. The van der Waals surface area contributed by atoms with Crippen LogP contribution in [0.5, 0.6) is 0 Å². The first kappa shape index (κ1) is 41.9. The summed E-state index contributed by atoms with van der Waals surface area (Å²) in [5.74, 6) is 0. The van der Waals surface area contributed by atoms with Gasteiger partial charge < -0.3 is 9.80 Å². The highest BCUT2D eigenvalue weighted by molar-refractivity contribution is 5.97. The molecule has 14 rings (SSSR count). The van der Waals surface area contributed by atoms with Crippen LogP contribution in [-0.2, 0) is 10.8 Å². The zero-order chi connectivity index (χ0) is 48.0. The molecule has 1 heterocycles. The van der Waals surface area contributed by atoms with Gasteiger partial charge in [-0.1, -0.05) is 214 Å². The standard InChI is InChI=1S/C70H50N2/c1-69(2)63-44-50(51-37-42-59-56-27-12-14-28-60(56)70(65(59)45-51)61-29-15-18-32-67(61)72(52-24-10-5-11-25-52)68-33-19-16-30-62(68)70)36-41-57(63)58-43-40-54(46-64(58)69)71(53-38-34-48(35-39-53)47-20-6-3-7-21-47)66-31-17-13-26-55(66)49-22-8-4-9-23-49/h3-46H,1-2H3. The smallest absolute Gasteiger partial charge is 0.0754 e. The van der Waals surface area contributed by atoms with Crippen molar-refractivity contribution in [2.75, 3.05) is 9.80 Å². The molecule has 11 aromatic rings. The lowest BCUT2D eigenvalue weighted by Gasteiger charge is -2.45. The van der Waals surface area contributed by atoms with Crippen LogP contribution < -0.4 is 9.80 Å². The van der Waals surface area contributed by atoms with Gasteiger partial charge in [0, 0.05) is 28.0 Å². The summed E-state index contributed by atoms with van der Waals surface area (Å²) in [5.41, 5.74) is 26.5. The molecule has 2 heteroatoms. The second-order valence-corrected chi connectivity index (χ2v) is 20.0. The number of benzene rings is 11. The Bertz CT molecular complexity index is 3840. The zero-order valence-electron chi connectivity index (χ0n) is 40.3. The zero-order valence-corrected chi connectivity index (χ0v) is 40.3. The minimum Gasteiger partial charge on any atom is -0.310 e. The Balaban J connectivity index is 0.891. The molecule has 1 aliphatic heterocycles. The maximum atomic E-state index is 2.52. The van der Waals surface area contributed by atoms with Gasteiger partial charge in [-0.3, -0.25) is 0 Å². The Kier molecular flexibility index (Phi) is 9.50. The van der Waals surface area contributed by atoms with Crippen molar-refractivity contribution < 1.29 is 0 Å². The van der Waals surface area contributed by atoms with Crippen LogP contribution in [0.15, 0.2) is 267 Å². The van der Waals surface area contributed by atoms with E-state index >= 15 is 0 Å². The van der Waals surface area contributed by atoms with Gasteiger partial charge in [0.2, 0.25) is 0 Å². The maximum Gasteiger partial charge on any atom is 0.0754 e. The van der Waals surface area contributed by atoms with Crippen LogP contribution in [-0.4, -0.2) is 0 Å². The van der Waals surface area contributed by atoms with Crippen LogP contribution in [0.4, 0.5) is 34.1 Å². The Morgan fingerprint density at radius 1 is 0.292 bits per heavy atom. The van der Waals surface area contributed by atoms with Gasteiger partial charge in [0.15, 0.2) is 0 Å². The van der Waals surface area contributed by atoms with E-state index in [1.54, 1.807) is 0 Å². The lowest BCUT2D eigenvalue weighted by Crippen LogP contribution is -2.36. The van der Waals surface area contributed by atoms with E-state index in [-0.39, 0.29) is 5.41 Å². The van der Waals surface area contributed by atoms with Gasteiger partial charge in [-0.2, -0.15) is 0 Å². The average Bonchev–Trinajstić information content (AvgIpc) is 3.87. The summed E-state index contributed by atoms with van der Waals surface area (Å²) in [6, 6.07) is 98.9. The molecule has 0 N–H and O–H groups in total. The van der Waals surface area contributed by atoms with E-state index < -0.39 is 5.41 Å². The number of rotatable bonds is 7. The second kappa shape index (κ2) is 16.3. The summed E-state index contributed by atoms with van der Waals surface area (Å²) in [6.45, 7) is 4.82. The molecule has 340 valence electrons. The number of nitrogens with zero attached hydrogens (tertiary/aromatic N) is 2. The molecule has 72 heavy (non-hydrogen) atoms. The second-order valence-electron chi connectivity index (χ2n) is 20.0. The summed E-state index contributed by atoms with van der Waals surface area (Å²) in [7, 11) is 0. The molecule has 0 amide bonds. The first-order chi connectivity index (χ1) is 35.5. The Morgan fingerprint density at radius 3 is 1.38 bits per heavy atom. The van der Waals surface area contributed by atoms with Crippen LogP contribution in [0.1, 0.15) is 47.2 Å². The van der Waals surface area contributed by atoms with Gasteiger partial charge in [-0.15, -0.1) is 0 Å². The van der Waals surface area contributed by atoms with Crippen molar-refractivity contribution in [2.24, 2.45) is 0 Å². The molecule has 0 atom stereocenters. The first-order valence-electron chi connectivity index (χ1n) is 25.2. The molecular weight excluding hydrogens is 869 g/mol. The molecule has 0 aromatic heterocycles. The van der Waals surface area contributed by atoms with Crippen molar-refractivity contribution in [1.82, 2.24) is 0 Å². The lowest BCUT2D eigenvalue weighted by atomic mass is 9.64. The van der Waals surface area contributed by atoms with E-state index in [0.717, 1.165) is 22.7 Å². The SMILES string of the molecule is CC1(C)c2cc(-c3ccc4c(c3)C3(c5ccccc5-4)c4ccccc4N(c4ccccc4)c4ccccc43)ccc2-c2ccc(N(c3ccc(-c4ccccc4)cc3)c3ccccc3-c3ccccc3)cc21. The van der Waals surface area contributed by atoms with Crippen molar-refractivity contribution in [3.8, 4) is 55.6 Å². The van der Waals surface area contributed by atoms with E-state index in [4.69, 9.17) is 0 Å². The number of fused-ring (bicyclic) bond motifs is 12. The molecular formula is C70H50N2. The first-order valence-corrected chi connectivity index (χ1v) is 25.2. The van der Waals surface area contributed by atoms with E-state index in [9.17, 15) is 0 Å². The number of hydrogen-bond acceptors (Lipinski definition) is 2. The van der Waals surface area contributed by atoms with Gasteiger partial charge in [-0.05, 0) is 150 Å². The van der Waals surface area contributed by atoms with Gasteiger partial charge in [0.1, 0.15) is 0 Å². The van der Waals surface area contributed by atoms with E-state index in [1.807, 2.05) is 0 Å². The van der Waals surface area contributed by atoms with Gasteiger partial charge in [0.05, 0.1) is 22.5 Å². The highest BCUT2D eigenvalue weighted by atomic mass is 15.2. The van der Waals surface area contributed by atoms with Gasteiger partial charge in [0.25, 0.3) is 0 Å². The summed E-state index contributed by atoms with van der Waals surface area (Å²) in [5, 5.41) is 0. The van der Waals surface area contributed by atoms with Gasteiger partial charge in [-0.25, -0.2) is 0 Å². The van der Waals surface area contributed by atoms with Crippen molar-refractivity contribution in [1.29, 1.82) is 0 Å². The minimum atomic E-state index is -0.518. The molecule has 3 aliphatic rings. The van der Waals surface area contributed by atoms with Crippen LogP contribution >= 0.6 is 0 Å². The predicted molar refractivity (Wildman–Crippen MR) is 301 cm³/mol. The molecule has 0 bridgehead atoms. The van der Waals surface area contributed by atoms with Crippen molar-refractivity contribution in [3.05, 3.63) is 300 Å². The molecule has 0 saturated heterocycles. The Morgan fingerprint density at radius 2 is 0.722 bits per heavy atom. The Hall–Kier alpha value is -8.98. The van der Waals surface area contributed by atoms with Crippen molar-refractivity contribution in [2.45, 2.75) is 24.7 Å².